The fourth-order valence-electron chi connectivity index (χ4n) is 1.29. The summed E-state index contributed by atoms with van der Waals surface area (Å²) < 4.78 is 0. The van der Waals surface area contributed by atoms with Crippen molar-refractivity contribution in [3.63, 3.8) is 0 Å². The molecule has 0 unspecified atom stereocenters. The molecular formula is C12H22N2O2. The normalized spacial score (nSPS) is 11.6. The standard InChI is InChI=1S/C12H22N2O2/c1-4-14(10-11-15)9-8-13(3)7-5-6-12(2)16/h5-6,11H,4,7-10H2,1-3H3/b6-5+. The maximum Gasteiger partial charge on any atom is 0.152 e. The minimum absolute atomic E-state index is 0.0736. The third-order valence-electron chi connectivity index (χ3n) is 2.35. The number of hydrogen-bond acceptors (Lipinski definition) is 4. The Bertz CT molecular complexity index is 239. The van der Waals surface area contributed by atoms with Crippen molar-refractivity contribution in [3.05, 3.63) is 12.2 Å². The summed E-state index contributed by atoms with van der Waals surface area (Å²) in [5, 5.41) is 0. The first-order chi connectivity index (χ1) is 7.60. The van der Waals surface area contributed by atoms with Crippen molar-refractivity contribution in [2.24, 2.45) is 0 Å². The minimum atomic E-state index is 0.0736. The van der Waals surface area contributed by atoms with E-state index >= 15 is 0 Å². The molecule has 0 spiro atoms. The second-order valence-corrected chi connectivity index (χ2v) is 3.84. The lowest BCUT2D eigenvalue weighted by atomic mass is 10.3. The number of aldehydes is 1. The van der Waals surface area contributed by atoms with E-state index in [-0.39, 0.29) is 5.78 Å². The molecule has 0 amide bonds. The zero-order valence-corrected chi connectivity index (χ0v) is 10.5. The van der Waals surface area contributed by atoms with Gasteiger partial charge < -0.3 is 9.69 Å². The molecule has 4 nitrogen and oxygen atoms in total. The van der Waals surface area contributed by atoms with E-state index in [1.165, 1.54) is 0 Å². The van der Waals surface area contributed by atoms with Crippen molar-refractivity contribution in [2.75, 3.05) is 39.8 Å². The Labute approximate surface area is 97.9 Å². The van der Waals surface area contributed by atoms with E-state index in [1.807, 2.05) is 20.0 Å². The van der Waals surface area contributed by atoms with Gasteiger partial charge in [-0.3, -0.25) is 9.69 Å². The summed E-state index contributed by atoms with van der Waals surface area (Å²) in [6.45, 7) is 7.49. The highest BCUT2D eigenvalue weighted by atomic mass is 16.1. The third-order valence-corrected chi connectivity index (χ3v) is 2.35. The molecule has 0 heterocycles. The van der Waals surface area contributed by atoms with E-state index < -0.39 is 0 Å². The summed E-state index contributed by atoms with van der Waals surface area (Å²) in [6.07, 6.45) is 4.37. The molecule has 0 saturated carbocycles. The largest absolute Gasteiger partial charge is 0.302 e. The molecule has 0 aliphatic rings. The van der Waals surface area contributed by atoms with Gasteiger partial charge in [0.15, 0.2) is 5.78 Å². The number of carbonyl (C=O) groups is 2. The van der Waals surface area contributed by atoms with E-state index in [2.05, 4.69) is 9.80 Å². The van der Waals surface area contributed by atoms with Crippen LogP contribution < -0.4 is 0 Å². The summed E-state index contributed by atoms with van der Waals surface area (Å²) >= 11 is 0. The average Bonchev–Trinajstić information content (AvgIpc) is 2.23. The van der Waals surface area contributed by atoms with Crippen LogP contribution >= 0.6 is 0 Å². The Hall–Kier alpha value is -1.00. The quantitative estimate of drug-likeness (QED) is 0.426. The van der Waals surface area contributed by atoms with Crippen LogP contribution in [0.15, 0.2) is 12.2 Å². The molecule has 0 radical (unpaired) electrons. The van der Waals surface area contributed by atoms with Crippen LogP contribution in [0.1, 0.15) is 13.8 Å². The van der Waals surface area contributed by atoms with Crippen LogP contribution in [0.2, 0.25) is 0 Å². The Balaban J connectivity index is 3.74. The van der Waals surface area contributed by atoms with Gasteiger partial charge in [0.05, 0.1) is 6.54 Å². The van der Waals surface area contributed by atoms with Crippen molar-refractivity contribution < 1.29 is 9.59 Å². The number of ketones is 1. The van der Waals surface area contributed by atoms with Gasteiger partial charge in [-0.05, 0) is 26.6 Å². The highest BCUT2D eigenvalue weighted by molar-refractivity contribution is 5.87. The zero-order valence-electron chi connectivity index (χ0n) is 10.5. The van der Waals surface area contributed by atoms with Gasteiger partial charge in [0.25, 0.3) is 0 Å². The van der Waals surface area contributed by atoms with Crippen LogP contribution in [0.4, 0.5) is 0 Å². The Morgan fingerprint density at radius 1 is 1.25 bits per heavy atom. The van der Waals surface area contributed by atoms with Crippen molar-refractivity contribution in [3.8, 4) is 0 Å². The van der Waals surface area contributed by atoms with Gasteiger partial charge >= 0.3 is 0 Å². The lowest BCUT2D eigenvalue weighted by Gasteiger charge is -2.21. The fraction of sp³-hybridized carbons (Fsp3) is 0.667. The second-order valence-electron chi connectivity index (χ2n) is 3.84. The molecule has 0 fully saturated rings. The number of allylic oxidation sites excluding steroid dienone is 1. The number of nitrogens with zero attached hydrogens (tertiary/aromatic N) is 2. The van der Waals surface area contributed by atoms with Gasteiger partial charge in [0, 0.05) is 19.6 Å². The van der Waals surface area contributed by atoms with E-state index in [0.717, 1.165) is 32.5 Å². The van der Waals surface area contributed by atoms with Gasteiger partial charge in [-0.2, -0.15) is 0 Å². The minimum Gasteiger partial charge on any atom is -0.302 e. The van der Waals surface area contributed by atoms with Crippen molar-refractivity contribution in [2.45, 2.75) is 13.8 Å². The molecule has 0 aromatic heterocycles. The first-order valence-electron chi connectivity index (χ1n) is 5.61. The summed E-state index contributed by atoms with van der Waals surface area (Å²) in [7, 11) is 2.00. The van der Waals surface area contributed by atoms with E-state index in [0.29, 0.717) is 6.54 Å². The SMILES string of the molecule is CCN(CC=O)CCN(C)C/C=C/C(C)=O. The smallest absolute Gasteiger partial charge is 0.152 e. The first-order valence-corrected chi connectivity index (χ1v) is 5.61. The monoisotopic (exact) mass is 226 g/mol. The molecule has 0 bridgehead atoms. The molecule has 16 heavy (non-hydrogen) atoms. The molecule has 0 saturated heterocycles. The molecule has 92 valence electrons. The maximum atomic E-state index is 10.7. The zero-order chi connectivity index (χ0) is 12.4. The number of hydrogen-bond donors (Lipinski definition) is 0. The van der Waals surface area contributed by atoms with E-state index in [4.69, 9.17) is 0 Å². The van der Waals surface area contributed by atoms with Gasteiger partial charge in [-0.15, -0.1) is 0 Å². The molecule has 0 atom stereocenters. The Morgan fingerprint density at radius 2 is 1.94 bits per heavy atom. The summed E-state index contributed by atoms with van der Waals surface area (Å²) in [5.74, 6) is 0.0736. The maximum absolute atomic E-state index is 10.7. The van der Waals surface area contributed by atoms with Crippen molar-refractivity contribution in [1.82, 2.24) is 9.80 Å². The van der Waals surface area contributed by atoms with Crippen LogP contribution in [0, 0.1) is 0 Å². The highest BCUT2D eigenvalue weighted by Gasteiger charge is 2.02. The van der Waals surface area contributed by atoms with Crippen LogP contribution in [0.25, 0.3) is 0 Å². The number of carbonyl (C=O) groups excluding carboxylic acids is 2. The molecule has 0 aliphatic carbocycles. The lowest BCUT2D eigenvalue weighted by molar-refractivity contribution is -0.112. The van der Waals surface area contributed by atoms with E-state index in [9.17, 15) is 9.59 Å². The van der Waals surface area contributed by atoms with Gasteiger partial charge in [0.2, 0.25) is 0 Å². The van der Waals surface area contributed by atoms with Gasteiger partial charge in [-0.25, -0.2) is 0 Å². The molecule has 0 aromatic carbocycles. The second kappa shape index (κ2) is 9.24. The summed E-state index contributed by atoms with van der Waals surface area (Å²) in [5.41, 5.74) is 0. The molecule has 0 rings (SSSR count). The molecular weight excluding hydrogens is 204 g/mol. The van der Waals surface area contributed by atoms with Gasteiger partial charge in [0.1, 0.15) is 6.29 Å². The van der Waals surface area contributed by atoms with E-state index in [1.54, 1.807) is 13.0 Å². The van der Waals surface area contributed by atoms with Crippen molar-refractivity contribution in [1.29, 1.82) is 0 Å². The summed E-state index contributed by atoms with van der Waals surface area (Å²) in [6, 6.07) is 0. The molecule has 0 aromatic rings. The predicted molar refractivity (Wildman–Crippen MR) is 65.5 cm³/mol. The topological polar surface area (TPSA) is 40.6 Å². The van der Waals surface area contributed by atoms with Gasteiger partial charge in [-0.1, -0.05) is 13.0 Å². The van der Waals surface area contributed by atoms with Crippen molar-refractivity contribution >= 4 is 12.1 Å². The lowest BCUT2D eigenvalue weighted by Crippen LogP contribution is -2.34. The van der Waals surface area contributed by atoms with Crippen LogP contribution in [-0.2, 0) is 9.59 Å². The van der Waals surface area contributed by atoms with Crippen LogP contribution in [0.3, 0.4) is 0 Å². The predicted octanol–water partition coefficient (Wildman–Crippen LogP) is 0.584. The molecule has 4 heteroatoms. The molecule has 0 N–H and O–H groups in total. The number of rotatable bonds is 9. The molecule has 0 aliphatic heterocycles. The van der Waals surface area contributed by atoms with Crippen LogP contribution in [0.5, 0.6) is 0 Å². The fourth-order valence-corrected chi connectivity index (χ4v) is 1.29. The third kappa shape index (κ3) is 8.32. The van der Waals surface area contributed by atoms with Crippen LogP contribution in [-0.4, -0.2) is 61.6 Å². The first kappa shape index (κ1) is 15.0. The Kier molecular flexibility index (Phi) is 8.66. The average molecular weight is 226 g/mol. The highest BCUT2D eigenvalue weighted by Crippen LogP contribution is 1.89. The Morgan fingerprint density at radius 3 is 2.44 bits per heavy atom. The number of likely N-dealkylation sites (N-methyl/N-ethyl adjacent to an activating group) is 2. The summed E-state index contributed by atoms with van der Waals surface area (Å²) in [4.78, 5) is 25.2.